The summed E-state index contributed by atoms with van der Waals surface area (Å²) < 4.78 is 63.5. The van der Waals surface area contributed by atoms with E-state index >= 15 is 0 Å². The maximum atomic E-state index is 12.9. The smallest absolute Gasteiger partial charge is 0.335 e. The molecule has 2 aliphatic rings. The van der Waals surface area contributed by atoms with Gasteiger partial charge in [-0.1, -0.05) is 12.1 Å². The van der Waals surface area contributed by atoms with Gasteiger partial charge in [-0.3, -0.25) is 4.79 Å². The van der Waals surface area contributed by atoms with Gasteiger partial charge in [-0.2, -0.15) is 17.5 Å². The molecule has 2 aliphatic heterocycles. The van der Waals surface area contributed by atoms with Crippen LogP contribution in [0.25, 0.3) is 0 Å². The fourth-order valence-corrected chi connectivity index (χ4v) is 4.82. The van der Waals surface area contributed by atoms with Crippen LogP contribution in [0.2, 0.25) is 0 Å². The van der Waals surface area contributed by atoms with Crippen LogP contribution in [0, 0.1) is 0 Å². The Hall–Kier alpha value is -1.36. The molecule has 6 nitrogen and oxygen atoms in total. The molecule has 0 radical (unpaired) electrons. The highest BCUT2D eigenvalue weighted by Crippen LogP contribution is 2.29. The molecule has 1 aromatic carbocycles. The van der Waals surface area contributed by atoms with Gasteiger partial charge in [-0.15, -0.1) is 12.4 Å². The number of alkyl halides is 3. The van der Waals surface area contributed by atoms with Crippen LogP contribution in [0.1, 0.15) is 24.0 Å². The lowest BCUT2D eigenvalue weighted by Crippen LogP contribution is -2.59. The minimum absolute atomic E-state index is 0. The average molecular weight is 470 g/mol. The van der Waals surface area contributed by atoms with Crippen molar-refractivity contribution in [3.63, 3.8) is 0 Å². The molecule has 2 saturated heterocycles. The fraction of sp³-hybridized carbons (Fsp3) is 0.632. The lowest BCUT2D eigenvalue weighted by molar-refractivity contribution is -0.137. The van der Waals surface area contributed by atoms with Crippen molar-refractivity contribution in [1.82, 2.24) is 14.1 Å². The third-order valence-corrected chi connectivity index (χ3v) is 6.81. The third kappa shape index (κ3) is 6.32. The molecule has 0 N–H and O–H groups in total. The minimum Gasteiger partial charge on any atom is -0.335 e. The summed E-state index contributed by atoms with van der Waals surface area (Å²) in [5.74, 6) is -0.192. The Balaban J connectivity index is 0.00000320. The zero-order valence-electron chi connectivity index (χ0n) is 16.8. The van der Waals surface area contributed by atoms with Gasteiger partial charge in [0.1, 0.15) is 0 Å². The first-order valence-electron chi connectivity index (χ1n) is 9.67. The van der Waals surface area contributed by atoms with Gasteiger partial charge >= 0.3 is 6.18 Å². The van der Waals surface area contributed by atoms with Crippen LogP contribution >= 0.6 is 12.4 Å². The highest BCUT2D eigenvalue weighted by Gasteiger charge is 2.35. The van der Waals surface area contributed by atoms with Crippen LogP contribution in [0.5, 0.6) is 0 Å². The first kappa shape index (κ1) is 24.9. The third-order valence-electron chi connectivity index (χ3n) is 5.54. The summed E-state index contributed by atoms with van der Waals surface area (Å²) in [6.45, 7) is 3.21. The molecule has 2 fully saturated rings. The number of carbonyl (C=O) groups excluding carboxylic acids is 1. The van der Waals surface area contributed by atoms with Crippen LogP contribution in [-0.4, -0.2) is 80.0 Å². The van der Waals surface area contributed by atoms with Crippen LogP contribution < -0.4 is 0 Å². The monoisotopic (exact) mass is 469 g/mol. The van der Waals surface area contributed by atoms with Crippen LogP contribution in [0.3, 0.4) is 0 Å². The van der Waals surface area contributed by atoms with Gasteiger partial charge in [0.15, 0.2) is 0 Å². The standard InChI is InChI=1S/C19H26F3N3O3S.ClH/c1-29(27,28)24-10-11-25(17(14-24)13-23-8-2-3-9-23)18(26)12-15-4-6-16(7-5-15)19(20,21)22;/h4-7,17H,2-3,8-14H2,1H3;1H/t17-;/m1./s1. The zero-order chi connectivity index (χ0) is 21.2. The number of likely N-dealkylation sites (tertiary alicyclic amines) is 1. The second kappa shape index (κ2) is 9.84. The average Bonchev–Trinajstić information content (AvgIpc) is 3.13. The summed E-state index contributed by atoms with van der Waals surface area (Å²) >= 11 is 0. The van der Waals surface area contributed by atoms with Gasteiger partial charge in [0.2, 0.25) is 15.9 Å². The van der Waals surface area contributed by atoms with Crippen molar-refractivity contribution in [3.8, 4) is 0 Å². The second-order valence-electron chi connectivity index (χ2n) is 7.74. The molecule has 1 amide bonds. The maximum absolute atomic E-state index is 12.9. The number of sulfonamides is 1. The Bertz CT molecular complexity index is 828. The first-order valence-corrected chi connectivity index (χ1v) is 11.5. The predicted octanol–water partition coefficient (Wildman–Crippen LogP) is 2.24. The van der Waals surface area contributed by atoms with Gasteiger partial charge in [0, 0.05) is 26.2 Å². The van der Waals surface area contributed by atoms with Crippen molar-refractivity contribution < 1.29 is 26.4 Å². The Morgan fingerprint density at radius 3 is 2.20 bits per heavy atom. The second-order valence-corrected chi connectivity index (χ2v) is 9.72. The van der Waals surface area contributed by atoms with E-state index in [1.54, 1.807) is 4.90 Å². The van der Waals surface area contributed by atoms with Gasteiger partial charge in [0.25, 0.3) is 0 Å². The molecule has 0 aliphatic carbocycles. The lowest BCUT2D eigenvalue weighted by Gasteiger charge is -2.42. The van der Waals surface area contributed by atoms with E-state index in [0.717, 1.165) is 38.1 Å². The molecule has 30 heavy (non-hydrogen) atoms. The maximum Gasteiger partial charge on any atom is 0.416 e. The molecule has 0 spiro atoms. The molecule has 11 heteroatoms. The number of hydrogen-bond acceptors (Lipinski definition) is 4. The SMILES string of the molecule is CS(=O)(=O)N1CCN(C(=O)Cc2ccc(C(F)(F)F)cc2)[C@H](CN2CCCC2)C1.Cl. The van der Waals surface area contributed by atoms with E-state index in [0.29, 0.717) is 12.1 Å². The molecule has 0 bridgehead atoms. The van der Waals surface area contributed by atoms with Crippen LogP contribution in [0.4, 0.5) is 13.2 Å². The molecular weight excluding hydrogens is 443 g/mol. The largest absolute Gasteiger partial charge is 0.416 e. The molecule has 1 atom stereocenters. The first-order chi connectivity index (χ1) is 13.5. The summed E-state index contributed by atoms with van der Waals surface area (Å²) in [5.41, 5.74) is -0.240. The van der Waals surface area contributed by atoms with E-state index in [1.165, 1.54) is 22.7 Å². The fourth-order valence-electron chi connectivity index (χ4n) is 3.96. The van der Waals surface area contributed by atoms with E-state index in [1.807, 2.05) is 0 Å². The Morgan fingerprint density at radius 1 is 1.07 bits per heavy atom. The van der Waals surface area contributed by atoms with Crippen molar-refractivity contribution in [2.45, 2.75) is 31.5 Å². The summed E-state index contributed by atoms with van der Waals surface area (Å²) in [4.78, 5) is 16.8. The molecule has 170 valence electrons. The van der Waals surface area contributed by atoms with Crippen molar-refractivity contribution >= 4 is 28.3 Å². The quantitative estimate of drug-likeness (QED) is 0.663. The number of piperazine rings is 1. The minimum atomic E-state index is -4.41. The van der Waals surface area contributed by atoms with Gasteiger partial charge in [-0.05, 0) is 43.6 Å². The number of rotatable bonds is 5. The summed E-state index contributed by atoms with van der Waals surface area (Å²) in [6.07, 6.45) is -1.08. The molecule has 0 aromatic heterocycles. The molecular formula is C19H27ClF3N3O3S. The van der Waals surface area contributed by atoms with E-state index in [9.17, 15) is 26.4 Å². The summed E-state index contributed by atoms with van der Waals surface area (Å²) in [6, 6.07) is 4.34. The molecule has 3 rings (SSSR count). The molecule has 1 aromatic rings. The predicted molar refractivity (Wildman–Crippen MR) is 110 cm³/mol. The van der Waals surface area contributed by atoms with Gasteiger partial charge in [0.05, 0.1) is 24.3 Å². The number of nitrogens with zero attached hydrogens (tertiary/aromatic N) is 3. The van der Waals surface area contributed by atoms with Crippen LogP contribution in [0.15, 0.2) is 24.3 Å². The molecule has 0 saturated carbocycles. The van der Waals surface area contributed by atoms with Gasteiger partial charge < -0.3 is 9.80 Å². The number of amides is 1. The number of halogens is 4. The normalized spacial score (nSPS) is 21.5. The van der Waals surface area contributed by atoms with Crippen molar-refractivity contribution in [2.24, 2.45) is 0 Å². The number of carbonyl (C=O) groups is 1. The molecule has 2 heterocycles. The van der Waals surface area contributed by atoms with Crippen molar-refractivity contribution in [1.29, 1.82) is 0 Å². The van der Waals surface area contributed by atoms with Crippen molar-refractivity contribution in [3.05, 3.63) is 35.4 Å². The van der Waals surface area contributed by atoms with E-state index in [4.69, 9.17) is 0 Å². The highest BCUT2D eigenvalue weighted by atomic mass is 35.5. The topological polar surface area (TPSA) is 60.9 Å². The van der Waals surface area contributed by atoms with Gasteiger partial charge in [-0.25, -0.2) is 8.42 Å². The Labute approximate surface area is 181 Å². The lowest BCUT2D eigenvalue weighted by atomic mass is 10.1. The summed E-state index contributed by atoms with van der Waals surface area (Å²) in [5, 5.41) is 0. The molecule has 0 unspecified atom stereocenters. The van der Waals surface area contributed by atoms with E-state index in [2.05, 4.69) is 4.90 Å². The van der Waals surface area contributed by atoms with E-state index < -0.39 is 21.8 Å². The zero-order valence-corrected chi connectivity index (χ0v) is 18.4. The summed E-state index contributed by atoms with van der Waals surface area (Å²) in [7, 11) is -3.35. The highest BCUT2D eigenvalue weighted by molar-refractivity contribution is 7.88. The Kier molecular flexibility index (Phi) is 8.17. The van der Waals surface area contributed by atoms with Crippen molar-refractivity contribution in [2.75, 3.05) is 45.5 Å². The Morgan fingerprint density at radius 2 is 1.67 bits per heavy atom. The number of hydrogen-bond donors (Lipinski definition) is 0. The van der Waals surface area contributed by atoms with Crippen LogP contribution in [-0.2, 0) is 27.4 Å². The number of benzene rings is 1. The van der Waals surface area contributed by atoms with E-state index in [-0.39, 0.29) is 50.4 Å².